The Bertz CT molecular complexity index is 939. The van der Waals surface area contributed by atoms with Crippen LogP contribution in [0.3, 0.4) is 0 Å². The molecule has 1 atom stereocenters. The topological polar surface area (TPSA) is 96.0 Å². The van der Waals surface area contributed by atoms with Gasteiger partial charge in [-0.25, -0.2) is 13.2 Å². The maximum Gasteiger partial charge on any atom is 0.410 e. The van der Waals surface area contributed by atoms with Gasteiger partial charge >= 0.3 is 6.09 Å². The molecule has 178 valence electrons. The fraction of sp³-hybridized carbons (Fsp3) is 0.652. The summed E-state index contributed by atoms with van der Waals surface area (Å²) in [5.74, 6) is 0.350. The Morgan fingerprint density at radius 3 is 2.44 bits per heavy atom. The molecule has 9 heteroatoms. The molecule has 0 bridgehead atoms. The zero-order chi connectivity index (χ0) is 23.5. The average molecular weight is 466 g/mol. The molecule has 0 aromatic heterocycles. The Labute approximate surface area is 191 Å². The maximum absolute atomic E-state index is 12.8. The minimum atomic E-state index is -3.21. The highest BCUT2D eigenvalue weighted by molar-refractivity contribution is 7.88. The predicted molar refractivity (Wildman–Crippen MR) is 123 cm³/mol. The molecular weight excluding hydrogens is 430 g/mol. The number of carbonyl (C=O) groups is 2. The molecule has 0 radical (unpaired) electrons. The predicted octanol–water partition coefficient (Wildman–Crippen LogP) is 2.77. The van der Waals surface area contributed by atoms with E-state index in [9.17, 15) is 18.0 Å². The van der Waals surface area contributed by atoms with Gasteiger partial charge in [0.05, 0.1) is 12.4 Å². The van der Waals surface area contributed by atoms with E-state index in [4.69, 9.17) is 4.74 Å². The van der Waals surface area contributed by atoms with E-state index in [0.717, 1.165) is 30.4 Å². The van der Waals surface area contributed by atoms with Gasteiger partial charge in [-0.05, 0) is 75.6 Å². The summed E-state index contributed by atoms with van der Waals surface area (Å²) < 4.78 is 30.3. The summed E-state index contributed by atoms with van der Waals surface area (Å²) in [7, 11) is -3.21. The maximum atomic E-state index is 12.8. The van der Waals surface area contributed by atoms with Crippen LogP contribution < -0.4 is 5.32 Å². The monoisotopic (exact) mass is 465 g/mol. The van der Waals surface area contributed by atoms with E-state index in [1.54, 1.807) is 11.0 Å². The van der Waals surface area contributed by atoms with Crippen LogP contribution in [0.5, 0.6) is 0 Å². The lowest BCUT2D eigenvalue weighted by Gasteiger charge is -2.33. The van der Waals surface area contributed by atoms with Crippen molar-refractivity contribution < 1.29 is 22.7 Å². The summed E-state index contributed by atoms with van der Waals surface area (Å²) >= 11 is 0. The average Bonchev–Trinajstić information content (AvgIpc) is 2.72. The van der Waals surface area contributed by atoms with E-state index in [0.29, 0.717) is 44.1 Å². The third kappa shape index (κ3) is 6.45. The largest absolute Gasteiger partial charge is 0.447 e. The van der Waals surface area contributed by atoms with Gasteiger partial charge < -0.3 is 15.0 Å². The quantitative estimate of drug-likeness (QED) is 0.697. The van der Waals surface area contributed by atoms with Crippen molar-refractivity contribution in [1.29, 1.82) is 0 Å². The fourth-order valence-corrected chi connectivity index (χ4v) is 5.24. The van der Waals surface area contributed by atoms with E-state index in [1.165, 1.54) is 10.6 Å². The first-order chi connectivity index (χ1) is 15.0. The molecule has 3 rings (SSSR count). The van der Waals surface area contributed by atoms with Crippen LogP contribution in [-0.2, 0) is 27.7 Å². The van der Waals surface area contributed by atoms with Crippen molar-refractivity contribution in [2.75, 3.05) is 25.9 Å². The first kappa shape index (κ1) is 24.5. The number of fused-ring (bicyclic) bond motifs is 1. The van der Waals surface area contributed by atoms with Gasteiger partial charge in [-0.2, -0.15) is 4.31 Å². The Balaban J connectivity index is 1.49. The molecular formula is C23H35N3O5S. The first-order valence-corrected chi connectivity index (χ1v) is 13.2. The second-order valence-electron chi connectivity index (χ2n) is 9.30. The van der Waals surface area contributed by atoms with Gasteiger partial charge in [-0.15, -0.1) is 0 Å². The molecule has 1 unspecified atom stereocenters. The van der Waals surface area contributed by atoms with Gasteiger partial charge in [0.25, 0.3) is 5.91 Å². The third-order valence-electron chi connectivity index (χ3n) is 6.19. The lowest BCUT2D eigenvalue weighted by molar-refractivity contribution is 0.0641. The molecule has 2 aliphatic rings. The Morgan fingerprint density at radius 2 is 1.81 bits per heavy atom. The van der Waals surface area contributed by atoms with Gasteiger partial charge in [0.15, 0.2) is 0 Å². The molecule has 32 heavy (non-hydrogen) atoms. The van der Waals surface area contributed by atoms with E-state index < -0.39 is 10.0 Å². The summed E-state index contributed by atoms with van der Waals surface area (Å²) in [6.45, 7) is 7.88. The minimum absolute atomic E-state index is 0.0263. The minimum Gasteiger partial charge on any atom is -0.447 e. The van der Waals surface area contributed by atoms with Gasteiger partial charge in [0, 0.05) is 37.8 Å². The number of carbonyl (C=O) groups excluding carboxylic acids is 2. The lowest BCUT2D eigenvalue weighted by atomic mass is 9.90. The smallest absolute Gasteiger partial charge is 0.410 e. The number of likely N-dealkylation sites (tertiary alicyclic amines) is 1. The van der Waals surface area contributed by atoms with Gasteiger partial charge in [0.2, 0.25) is 10.0 Å². The third-order valence-corrected chi connectivity index (χ3v) is 7.44. The van der Waals surface area contributed by atoms with E-state index >= 15 is 0 Å². The van der Waals surface area contributed by atoms with Crippen molar-refractivity contribution >= 4 is 22.0 Å². The molecule has 1 N–H and O–H groups in total. The van der Waals surface area contributed by atoms with E-state index in [2.05, 4.69) is 5.32 Å². The highest BCUT2D eigenvalue weighted by Crippen LogP contribution is 2.24. The number of hydrogen-bond donors (Lipinski definition) is 1. The highest BCUT2D eigenvalue weighted by atomic mass is 32.2. The molecule has 0 aliphatic carbocycles. The van der Waals surface area contributed by atoms with Crippen molar-refractivity contribution in [3.8, 4) is 0 Å². The van der Waals surface area contributed by atoms with Crippen LogP contribution in [-0.4, -0.2) is 67.7 Å². The summed E-state index contributed by atoms with van der Waals surface area (Å²) in [6.07, 6.45) is 4.16. The zero-order valence-corrected chi connectivity index (χ0v) is 20.3. The summed E-state index contributed by atoms with van der Waals surface area (Å²) in [5.41, 5.74) is 2.59. The van der Waals surface area contributed by atoms with Crippen LogP contribution in [0.2, 0.25) is 0 Å². The van der Waals surface area contributed by atoms with Crippen LogP contribution >= 0.6 is 0 Å². The molecule has 0 saturated carbocycles. The van der Waals surface area contributed by atoms with Gasteiger partial charge in [0.1, 0.15) is 0 Å². The first-order valence-electron chi connectivity index (χ1n) is 11.4. The number of benzene rings is 1. The Hall–Kier alpha value is -2.13. The zero-order valence-electron chi connectivity index (χ0n) is 19.5. The van der Waals surface area contributed by atoms with Gasteiger partial charge in [-0.1, -0.05) is 6.07 Å². The second kappa shape index (κ2) is 10.2. The standard InChI is InChI=1S/C23H35N3O5S/c1-16(2)31-23(28)25-10-7-18(8-11-25)13-17(3)24-22(27)20-5-6-21-15-26(32(4,29)30)12-9-19(21)14-20/h5-6,14,16-18H,7-13,15H2,1-4H3,(H,24,27). The molecule has 2 aliphatic heterocycles. The number of piperidine rings is 1. The second-order valence-corrected chi connectivity index (χ2v) is 11.3. The highest BCUT2D eigenvalue weighted by Gasteiger charge is 2.27. The molecule has 1 fully saturated rings. The van der Waals surface area contributed by atoms with Crippen molar-refractivity contribution in [2.45, 2.75) is 65.1 Å². The molecule has 2 heterocycles. The van der Waals surface area contributed by atoms with Gasteiger partial charge in [-0.3, -0.25) is 4.79 Å². The van der Waals surface area contributed by atoms with Crippen molar-refractivity contribution in [3.05, 3.63) is 34.9 Å². The summed E-state index contributed by atoms with van der Waals surface area (Å²) in [6, 6.07) is 5.54. The molecule has 8 nitrogen and oxygen atoms in total. The number of ether oxygens (including phenoxy) is 1. The van der Waals surface area contributed by atoms with Crippen LogP contribution in [0.25, 0.3) is 0 Å². The molecule has 1 aromatic carbocycles. The number of amides is 2. The number of nitrogens with zero attached hydrogens (tertiary/aromatic N) is 2. The number of hydrogen-bond acceptors (Lipinski definition) is 5. The molecule has 0 spiro atoms. The van der Waals surface area contributed by atoms with Crippen LogP contribution in [0.15, 0.2) is 18.2 Å². The molecule has 1 aromatic rings. The summed E-state index contributed by atoms with van der Waals surface area (Å²) in [4.78, 5) is 26.5. The van der Waals surface area contributed by atoms with Crippen molar-refractivity contribution in [3.63, 3.8) is 0 Å². The number of rotatable bonds is 6. The summed E-state index contributed by atoms with van der Waals surface area (Å²) in [5, 5.41) is 3.09. The van der Waals surface area contributed by atoms with Crippen LogP contribution in [0.1, 0.15) is 61.5 Å². The van der Waals surface area contributed by atoms with Crippen LogP contribution in [0.4, 0.5) is 4.79 Å². The SMILES string of the molecule is CC(CC1CCN(C(=O)OC(C)C)CC1)NC(=O)c1ccc2c(c1)CCN(S(C)(=O)=O)C2. The number of sulfonamides is 1. The van der Waals surface area contributed by atoms with Crippen LogP contribution in [0, 0.1) is 5.92 Å². The van der Waals surface area contributed by atoms with Crippen molar-refractivity contribution in [2.24, 2.45) is 5.92 Å². The number of nitrogens with one attached hydrogen (secondary N) is 1. The normalized spacial score (nSPS) is 18.8. The molecule has 2 amide bonds. The van der Waals surface area contributed by atoms with E-state index in [1.807, 2.05) is 32.9 Å². The molecule has 1 saturated heterocycles. The lowest BCUT2D eigenvalue weighted by Crippen LogP contribution is -2.41. The Morgan fingerprint density at radius 1 is 1.12 bits per heavy atom. The fourth-order valence-electron chi connectivity index (χ4n) is 4.44. The Kier molecular flexibility index (Phi) is 7.82. The van der Waals surface area contributed by atoms with Crippen molar-refractivity contribution in [1.82, 2.24) is 14.5 Å². The van der Waals surface area contributed by atoms with E-state index in [-0.39, 0.29) is 24.1 Å².